The van der Waals surface area contributed by atoms with Crippen molar-refractivity contribution in [3.63, 3.8) is 0 Å². The van der Waals surface area contributed by atoms with Gasteiger partial charge in [-0.2, -0.15) is 10.1 Å². The summed E-state index contributed by atoms with van der Waals surface area (Å²) in [4.78, 5) is 51.5. The standard InChI is InChI=1S/C39H44N4O8/c1-20(39-26-14-32-38(17-30(43(39)51-39)23(26)19-50-32)25-10-6-8-12-29(25)42(48-4)35(38)45)15-36(2,46)33-21-13-31-37(16-27(40-33)22(21)18-49-31)24-9-5-7-11-28(24)41(47-3)34(37)44/h5-12,20-23,26-27,30-32,46H,13-19H2,1-4H3/t20-,21-,22+,23+,26-,27?,30+,31-,32-,36+,37+,38+,39+,43?/m1/s1. The zero-order valence-electron chi connectivity index (χ0n) is 29.4. The highest BCUT2D eigenvalue weighted by molar-refractivity contribution is 6.08. The van der Waals surface area contributed by atoms with Crippen LogP contribution < -0.4 is 10.1 Å². The fraction of sp³-hybridized carbons (Fsp3) is 0.615. The lowest BCUT2D eigenvalue weighted by molar-refractivity contribution is -0.139. The average Bonchev–Trinajstić information content (AvgIpc) is 3.68. The molecule has 0 radical (unpaired) electrons. The number of para-hydroxylation sites is 2. The third-order valence-electron chi connectivity index (χ3n) is 14.8. The number of aliphatic hydroxyl groups is 1. The lowest BCUT2D eigenvalue weighted by Gasteiger charge is -2.42. The number of fused-ring (bicyclic) bond motifs is 5. The minimum absolute atomic E-state index is 0.0106. The fourth-order valence-corrected chi connectivity index (χ4v) is 12.8. The number of anilines is 2. The SMILES string of the molecule is CON1C(=O)[C@@]2(CC3N=C([C@@](C)(O)C[C@@H](C)[C@@]45ON4[C@H]4C[C@@]6(C(=O)N(OC)c7ccccc76)[C@H]6C[C@@H]5[C@@H]4CO6)[C@@H]4C[C@H]2OC[C@H]34)c2ccccc21. The number of benzene rings is 2. The van der Waals surface area contributed by atoms with Crippen LogP contribution >= 0.6 is 0 Å². The maximum atomic E-state index is 14.2. The van der Waals surface area contributed by atoms with Crippen LogP contribution in [0.3, 0.4) is 0 Å². The highest BCUT2D eigenvalue weighted by atomic mass is 16.9. The van der Waals surface area contributed by atoms with Crippen molar-refractivity contribution in [2.75, 3.05) is 37.6 Å². The van der Waals surface area contributed by atoms with E-state index in [9.17, 15) is 14.7 Å². The minimum Gasteiger partial charge on any atom is -0.384 e. The van der Waals surface area contributed by atoms with Gasteiger partial charge in [0.2, 0.25) is 0 Å². The number of ether oxygens (including phenoxy) is 2. The molecule has 13 rings (SSSR count). The van der Waals surface area contributed by atoms with Gasteiger partial charge in [0.15, 0.2) is 5.72 Å². The van der Waals surface area contributed by atoms with E-state index in [1.165, 1.54) is 17.2 Å². The second-order valence-corrected chi connectivity index (χ2v) is 16.8. The van der Waals surface area contributed by atoms with Crippen LogP contribution in [0, 0.1) is 29.6 Å². The van der Waals surface area contributed by atoms with Gasteiger partial charge in [0.1, 0.15) is 16.4 Å². The van der Waals surface area contributed by atoms with Crippen molar-refractivity contribution in [2.24, 2.45) is 34.6 Å². The molecule has 2 aromatic rings. The molecule has 8 fully saturated rings. The van der Waals surface area contributed by atoms with E-state index < -0.39 is 22.2 Å². The summed E-state index contributed by atoms with van der Waals surface area (Å²) < 4.78 is 13.1. The molecular weight excluding hydrogens is 652 g/mol. The fourth-order valence-electron chi connectivity index (χ4n) is 12.8. The first-order valence-electron chi connectivity index (χ1n) is 18.6. The molecule has 8 bridgehead atoms. The Labute approximate surface area is 296 Å². The monoisotopic (exact) mass is 696 g/mol. The Morgan fingerprint density at radius 1 is 0.902 bits per heavy atom. The molecule has 6 saturated heterocycles. The zero-order valence-corrected chi connectivity index (χ0v) is 29.4. The molecule has 2 spiro atoms. The Kier molecular flexibility index (Phi) is 6.17. The smallest absolute Gasteiger partial charge is 0.264 e. The van der Waals surface area contributed by atoms with Gasteiger partial charge in [-0.25, -0.2) is 0 Å². The van der Waals surface area contributed by atoms with Crippen LogP contribution in [-0.2, 0) is 44.4 Å². The maximum Gasteiger partial charge on any atom is 0.264 e. The van der Waals surface area contributed by atoms with Crippen molar-refractivity contribution in [3.05, 3.63) is 59.7 Å². The highest BCUT2D eigenvalue weighted by Gasteiger charge is 2.80. The Hall–Kier alpha value is -3.23. The normalized spacial score (nSPS) is 45.1. The number of hydrogen-bond donors (Lipinski definition) is 1. The molecule has 0 aromatic heterocycles. The number of rotatable bonds is 6. The lowest BCUT2D eigenvalue weighted by atomic mass is 9.68. The largest absolute Gasteiger partial charge is 0.384 e. The summed E-state index contributed by atoms with van der Waals surface area (Å²) in [6.45, 7) is 5.21. The van der Waals surface area contributed by atoms with E-state index in [-0.39, 0.29) is 65.7 Å². The number of nitrogens with zero attached hydrogens (tertiary/aromatic N) is 4. The Balaban J connectivity index is 0.881. The second-order valence-electron chi connectivity index (χ2n) is 16.8. The van der Waals surface area contributed by atoms with Gasteiger partial charge in [-0.05, 0) is 62.3 Å². The Bertz CT molecular complexity index is 1920. The predicted octanol–water partition coefficient (Wildman–Crippen LogP) is 3.45. The topological polar surface area (TPSA) is 126 Å². The summed E-state index contributed by atoms with van der Waals surface area (Å²) in [5.41, 5.74) is 0.926. The molecule has 2 unspecified atom stereocenters. The molecule has 1 N–H and O–H groups in total. The van der Waals surface area contributed by atoms with E-state index in [4.69, 9.17) is 29.0 Å². The highest BCUT2D eigenvalue weighted by Crippen LogP contribution is 2.69. The molecule has 268 valence electrons. The molecule has 14 atom stereocenters. The van der Waals surface area contributed by atoms with Gasteiger partial charge in [-0.1, -0.05) is 43.3 Å². The summed E-state index contributed by atoms with van der Waals surface area (Å²) >= 11 is 0. The summed E-state index contributed by atoms with van der Waals surface area (Å²) in [6.07, 6.45) is 2.30. The van der Waals surface area contributed by atoms with E-state index in [0.717, 1.165) is 28.2 Å². The summed E-state index contributed by atoms with van der Waals surface area (Å²) in [5.74, 6) is 0.360. The first-order chi connectivity index (χ1) is 24.6. The molecular formula is C39H44N4O8. The van der Waals surface area contributed by atoms with Gasteiger partial charge >= 0.3 is 0 Å². The number of hydrogen-bond acceptors (Lipinski definition) is 10. The molecule has 2 saturated carbocycles. The van der Waals surface area contributed by atoms with Crippen LogP contribution in [0.1, 0.15) is 57.1 Å². The zero-order chi connectivity index (χ0) is 34.8. The molecule has 12 nitrogen and oxygen atoms in total. The quantitative estimate of drug-likeness (QED) is 0.453. The van der Waals surface area contributed by atoms with E-state index >= 15 is 0 Å². The first kappa shape index (κ1) is 31.3. The molecule has 2 amide bonds. The molecule has 2 aromatic carbocycles. The Morgan fingerprint density at radius 3 is 2.14 bits per heavy atom. The van der Waals surface area contributed by atoms with Gasteiger partial charge < -0.3 is 14.6 Å². The first-order valence-corrected chi connectivity index (χ1v) is 18.6. The van der Waals surface area contributed by atoms with Gasteiger partial charge in [0.05, 0.1) is 57.1 Å². The summed E-state index contributed by atoms with van der Waals surface area (Å²) in [5, 5.41) is 17.5. The number of carbonyl (C=O) groups is 2. The number of carbonyl (C=O) groups excluding carboxylic acids is 2. The number of aliphatic imine (C=N–C) groups is 1. The Morgan fingerprint density at radius 2 is 1.49 bits per heavy atom. The van der Waals surface area contributed by atoms with Gasteiger partial charge in [0, 0.05) is 41.3 Å². The van der Waals surface area contributed by atoms with Crippen molar-refractivity contribution < 1.29 is 38.7 Å². The third-order valence-corrected chi connectivity index (χ3v) is 14.8. The van der Waals surface area contributed by atoms with E-state index in [1.54, 1.807) is 7.11 Å². The average molecular weight is 697 g/mol. The van der Waals surface area contributed by atoms with Gasteiger partial charge in [0.25, 0.3) is 11.8 Å². The van der Waals surface area contributed by atoms with E-state index in [0.29, 0.717) is 45.3 Å². The van der Waals surface area contributed by atoms with Crippen LogP contribution in [0.25, 0.3) is 0 Å². The van der Waals surface area contributed by atoms with Crippen molar-refractivity contribution in [1.82, 2.24) is 5.06 Å². The van der Waals surface area contributed by atoms with Crippen molar-refractivity contribution in [1.29, 1.82) is 0 Å². The second kappa shape index (κ2) is 10.0. The van der Waals surface area contributed by atoms with Crippen LogP contribution in [0.5, 0.6) is 0 Å². The van der Waals surface area contributed by atoms with Gasteiger partial charge in [-0.15, -0.1) is 5.06 Å². The number of hydroxylamine groups is 4. The van der Waals surface area contributed by atoms with Crippen molar-refractivity contribution in [2.45, 2.75) is 92.4 Å². The van der Waals surface area contributed by atoms with E-state index in [2.05, 4.69) is 12.0 Å². The van der Waals surface area contributed by atoms with Crippen molar-refractivity contribution >= 4 is 28.9 Å². The van der Waals surface area contributed by atoms with Crippen LogP contribution in [0.15, 0.2) is 53.5 Å². The molecule has 2 aliphatic carbocycles. The molecule has 9 heterocycles. The summed E-state index contributed by atoms with van der Waals surface area (Å²) in [6, 6.07) is 15.7. The molecule has 11 aliphatic rings. The predicted molar refractivity (Wildman–Crippen MR) is 182 cm³/mol. The van der Waals surface area contributed by atoms with Crippen molar-refractivity contribution in [3.8, 4) is 0 Å². The minimum atomic E-state index is -1.17. The third kappa shape index (κ3) is 3.54. The van der Waals surface area contributed by atoms with Crippen LogP contribution in [0.4, 0.5) is 11.4 Å². The molecule has 9 aliphatic heterocycles. The molecule has 51 heavy (non-hydrogen) atoms. The number of amides is 2. The maximum absolute atomic E-state index is 14.2. The lowest BCUT2D eigenvalue weighted by Crippen LogP contribution is -2.54. The molecule has 12 heteroatoms. The van der Waals surface area contributed by atoms with Crippen LogP contribution in [0.2, 0.25) is 0 Å². The van der Waals surface area contributed by atoms with Crippen LogP contribution in [-0.4, -0.2) is 90.7 Å². The summed E-state index contributed by atoms with van der Waals surface area (Å²) in [7, 11) is 3.08. The van der Waals surface area contributed by atoms with Gasteiger partial charge in [-0.3, -0.25) is 29.1 Å². The van der Waals surface area contributed by atoms with E-state index in [1.807, 2.05) is 55.5 Å².